The second-order valence-electron chi connectivity index (χ2n) is 9.52. The molecule has 3 aromatic carbocycles. The highest BCUT2D eigenvalue weighted by Crippen LogP contribution is 2.38. The van der Waals surface area contributed by atoms with Crippen LogP contribution in [0, 0.1) is 5.82 Å². The molecule has 0 unspecified atom stereocenters. The normalized spacial score (nSPS) is 13.5. The minimum Gasteiger partial charge on any atom is -0.469 e. The molecular weight excluding hydrogens is 499 g/mol. The van der Waals surface area contributed by atoms with E-state index >= 15 is 0 Å². The molecule has 0 spiro atoms. The molecule has 39 heavy (non-hydrogen) atoms. The Morgan fingerprint density at radius 3 is 2.31 bits per heavy atom. The number of nitrogens with zero attached hydrogens (tertiary/aromatic N) is 2. The number of hydrogen-bond acceptors (Lipinski definition) is 6. The number of ether oxygens (including phenoxy) is 1. The summed E-state index contributed by atoms with van der Waals surface area (Å²) < 4.78 is 18.6. The number of halogens is 1. The van der Waals surface area contributed by atoms with Crippen LogP contribution in [-0.4, -0.2) is 57.5 Å². The number of methoxy groups -OCH3 is 1. The smallest absolute Gasteiger partial charge is 0.309 e. The van der Waals surface area contributed by atoms with E-state index in [9.17, 15) is 18.8 Å². The Kier molecular flexibility index (Phi) is 8.41. The molecule has 1 aliphatic heterocycles. The fraction of sp³-hybridized carbons (Fsp3) is 0.233. The Morgan fingerprint density at radius 1 is 0.974 bits per heavy atom. The maximum absolute atomic E-state index is 13.9. The number of esters is 1. The molecule has 1 heterocycles. The molecule has 0 bridgehead atoms. The Morgan fingerprint density at radius 2 is 1.67 bits per heavy atom. The van der Waals surface area contributed by atoms with Crippen molar-refractivity contribution in [2.45, 2.75) is 12.8 Å². The third kappa shape index (κ3) is 6.50. The van der Waals surface area contributed by atoms with Gasteiger partial charge in [-0.2, -0.15) is 0 Å². The van der Waals surface area contributed by atoms with Gasteiger partial charge in [0.05, 0.1) is 30.5 Å². The van der Waals surface area contributed by atoms with Crippen molar-refractivity contribution >= 4 is 46.1 Å². The summed E-state index contributed by atoms with van der Waals surface area (Å²) in [6, 6.07) is 18.7. The van der Waals surface area contributed by atoms with Crippen molar-refractivity contribution in [2.24, 2.45) is 0 Å². The van der Waals surface area contributed by atoms with Crippen LogP contribution in [-0.2, 0) is 25.5 Å². The zero-order valence-electron chi connectivity index (χ0n) is 22.4. The molecule has 2 amide bonds. The number of rotatable bonds is 9. The summed E-state index contributed by atoms with van der Waals surface area (Å²) in [5, 5.41) is 6.09. The number of amides is 2. The summed E-state index contributed by atoms with van der Waals surface area (Å²) in [5.41, 5.74) is 4.75. The average Bonchev–Trinajstić information content (AvgIpc) is 3.25. The van der Waals surface area contributed by atoms with Gasteiger partial charge in [0.2, 0.25) is 5.91 Å². The fourth-order valence-electron chi connectivity index (χ4n) is 4.24. The summed E-state index contributed by atoms with van der Waals surface area (Å²) in [6.07, 6.45) is 0.530. The predicted molar refractivity (Wildman–Crippen MR) is 151 cm³/mol. The Hall–Kier alpha value is -4.50. The van der Waals surface area contributed by atoms with Crippen molar-refractivity contribution in [3.8, 4) is 0 Å². The highest BCUT2D eigenvalue weighted by molar-refractivity contribution is 6.37. The van der Waals surface area contributed by atoms with Crippen LogP contribution in [0.2, 0.25) is 0 Å². The van der Waals surface area contributed by atoms with Crippen LogP contribution in [0.1, 0.15) is 23.1 Å². The predicted octanol–water partition coefficient (Wildman–Crippen LogP) is 4.39. The van der Waals surface area contributed by atoms with Gasteiger partial charge in [-0.1, -0.05) is 24.3 Å². The van der Waals surface area contributed by atoms with Crippen LogP contribution in [0.15, 0.2) is 66.7 Å². The van der Waals surface area contributed by atoms with Gasteiger partial charge < -0.3 is 25.2 Å². The van der Waals surface area contributed by atoms with Gasteiger partial charge in [0.15, 0.2) is 0 Å². The molecule has 0 aromatic heterocycles. The summed E-state index contributed by atoms with van der Waals surface area (Å²) in [4.78, 5) is 40.9. The molecule has 0 saturated heterocycles. The van der Waals surface area contributed by atoms with Crippen LogP contribution < -0.4 is 15.5 Å². The van der Waals surface area contributed by atoms with E-state index in [0.717, 1.165) is 11.3 Å². The third-order valence-corrected chi connectivity index (χ3v) is 6.47. The quantitative estimate of drug-likeness (QED) is 0.315. The molecule has 0 saturated carbocycles. The Labute approximate surface area is 227 Å². The maximum Gasteiger partial charge on any atom is 0.309 e. The highest BCUT2D eigenvalue weighted by atomic mass is 19.1. The van der Waals surface area contributed by atoms with E-state index in [4.69, 9.17) is 4.74 Å². The van der Waals surface area contributed by atoms with Gasteiger partial charge >= 0.3 is 5.97 Å². The van der Waals surface area contributed by atoms with Crippen molar-refractivity contribution in [2.75, 3.05) is 50.3 Å². The van der Waals surface area contributed by atoms with Crippen molar-refractivity contribution < 1.29 is 23.5 Å². The number of carbonyl (C=O) groups is 3. The summed E-state index contributed by atoms with van der Waals surface area (Å²) in [5.74, 6) is -1.15. The number of nitrogens with one attached hydrogen (secondary N) is 2. The van der Waals surface area contributed by atoms with E-state index in [2.05, 4.69) is 10.6 Å². The molecule has 4 rings (SSSR count). The SMILES string of the molecule is COC(=O)Cc1ccc(C(Nc2ccc(N(C)C(=O)CCN(C)C)cc2)=C2C(=O)Nc3cc(F)ccc32)cc1. The number of fused-ring (bicyclic) bond motifs is 1. The molecule has 3 aromatic rings. The third-order valence-electron chi connectivity index (χ3n) is 6.47. The van der Waals surface area contributed by atoms with E-state index < -0.39 is 5.82 Å². The van der Waals surface area contributed by atoms with Crippen LogP contribution in [0.3, 0.4) is 0 Å². The largest absolute Gasteiger partial charge is 0.469 e. The first kappa shape index (κ1) is 27.5. The lowest BCUT2D eigenvalue weighted by Gasteiger charge is -2.20. The van der Waals surface area contributed by atoms with Crippen molar-refractivity contribution in [1.82, 2.24) is 4.90 Å². The second kappa shape index (κ2) is 11.9. The number of hydrogen-bond donors (Lipinski definition) is 2. The maximum atomic E-state index is 13.9. The number of benzene rings is 3. The van der Waals surface area contributed by atoms with E-state index in [1.54, 1.807) is 30.1 Å². The number of anilines is 3. The highest BCUT2D eigenvalue weighted by Gasteiger charge is 2.29. The minimum absolute atomic E-state index is 0.00530. The van der Waals surface area contributed by atoms with E-state index in [1.165, 1.54) is 19.2 Å². The molecular formula is C30H31FN4O4. The molecule has 1 aliphatic rings. The van der Waals surface area contributed by atoms with Gasteiger partial charge in [-0.3, -0.25) is 14.4 Å². The molecule has 0 aliphatic carbocycles. The standard InChI is InChI=1S/C30H31FN4O4/c1-34(2)16-15-26(36)35(3)23-12-10-22(11-13-23)32-29(20-7-5-19(6-8-20)17-27(37)39-4)28-24-14-9-21(31)18-25(24)33-30(28)38/h5-14,18,32H,15-17H2,1-4H3,(H,33,38). The van der Waals surface area contributed by atoms with E-state index in [1.807, 2.05) is 55.4 Å². The first-order chi connectivity index (χ1) is 18.7. The first-order valence-electron chi connectivity index (χ1n) is 12.5. The van der Waals surface area contributed by atoms with Gasteiger partial charge in [0.25, 0.3) is 5.91 Å². The van der Waals surface area contributed by atoms with Gasteiger partial charge in [-0.25, -0.2) is 4.39 Å². The Bertz CT molecular complexity index is 1420. The average molecular weight is 531 g/mol. The second-order valence-corrected chi connectivity index (χ2v) is 9.52. The summed E-state index contributed by atoms with van der Waals surface area (Å²) >= 11 is 0. The molecule has 0 fully saturated rings. The molecule has 8 nitrogen and oxygen atoms in total. The van der Waals surface area contributed by atoms with Gasteiger partial charge in [0.1, 0.15) is 5.82 Å². The monoisotopic (exact) mass is 530 g/mol. The molecule has 0 atom stereocenters. The zero-order chi connectivity index (χ0) is 28.1. The van der Waals surface area contributed by atoms with Crippen LogP contribution >= 0.6 is 0 Å². The first-order valence-corrected chi connectivity index (χ1v) is 12.5. The van der Waals surface area contributed by atoms with Crippen LogP contribution in [0.25, 0.3) is 11.3 Å². The topological polar surface area (TPSA) is 91.0 Å². The van der Waals surface area contributed by atoms with Crippen LogP contribution in [0.5, 0.6) is 0 Å². The van der Waals surface area contributed by atoms with E-state index in [-0.39, 0.29) is 24.2 Å². The number of carbonyl (C=O) groups excluding carboxylic acids is 3. The van der Waals surface area contributed by atoms with Gasteiger partial charge in [0, 0.05) is 37.0 Å². The van der Waals surface area contributed by atoms with Crippen molar-refractivity contribution in [3.63, 3.8) is 0 Å². The molecule has 0 radical (unpaired) electrons. The van der Waals surface area contributed by atoms with Crippen molar-refractivity contribution in [1.29, 1.82) is 0 Å². The van der Waals surface area contributed by atoms with Gasteiger partial charge in [-0.15, -0.1) is 0 Å². The molecule has 202 valence electrons. The zero-order valence-corrected chi connectivity index (χ0v) is 22.4. The van der Waals surface area contributed by atoms with Crippen molar-refractivity contribution in [3.05, 3.63) is 89.2 Å². The Balaban J connectivity index is 1.68. The minimum atomic E-state index is -0.447. The van der Waals surface area contributed by atoms with Crippen LogP contribution in [0.4, 0.5) is 21.5 Å². The fourth-order valence-corrected chi connectivity index (χ4v) is 4.24. The van der Waals surface area contributed by atoms with E-state index in [0.29, 0.717) is 46.7 Å². The lowest BCUT2D eigenvalue weighted by atomic mass is 9.98. The van der Waals surface area contributed by atoms with Gasteiger partial charge in [-0.05, 0) is 67.7 Å². The molecule has 2 N–H and O–H groups in total. The summed E-state index contributed by atoms with van der Waals surface area (Å²) in [7, 11) is 6.92. The lowest BCUT2D eigenvalue weighted by molar-refractivity contribution is -0.139. The molecule has 9 heteroatoms. The lowest BCUT2D eigenvalue weighted by Crippen LogP contribution is -2.29. The summed E-state index contributed by atoms with van der Waals surface area (Å²) in [6.45, 7) is 0.658.